The summed E-state index contributed by atoms with van der Waals surface area (Å²) >= 11 is 3.50. The van der Waals surface area contributed by atoms with Gasteiger partial charge >= 0.3 is 0 Å². The molecule has 3 aromatic rings. The van der Waals surface area contributed by atoms with Gasteiger partial charge in [-0.3, -0.25) is 9.20 Å². The van der Waals surface area contributed by atoms with Crippen LogP contribution in [0.1, 0.15) is 21.7 Å². The van der Waals surface area contributed by atoms with Gasteiger partial charge in [0.05, 0.1) is 24.4 Å². The Bertz CT molecular complexity index is 966. The van der Waals surface area contributed by atoms with E-state index in [0.29, 0.717) is 34.2 Å². The lowest BCUT2D eigenvalue weighted by Crippen LogP contribution is -2.15. The molecule has 0 saturated carbocycles. The van der Waals surface area contributed by atoms with E-state index in [-0.39, 0.29) is 5.91 Å². The van der Waals surface area contributed by atoms with Crippen LogP contribution in [-0.2, 0) is 0 Å². The molecular formula is C18H18BrN3O3. The van der Waals surface area contributed by atoms with E-state index < -0.39 is 0 Å². The standard InChI is InChI=1S/C18H18BrN3O3/c1-10-7-13(19)17-20-11(2)16(22(17)9-10)18(23)21-12-5-6-14(24-3)15(8-12)25-4/h5-9H,1-4H3,(H,21,23). The number of anilines is 1. The van der Waals surface area contributed by atoms with Crippen molar-refractivity contribution in [3.05, 3.63) is 51.9 Å². The highest BCUT2D eigenvalue weighted by atomic mass is 79.9. The molecule has 6 nitrogen and oxygen atoms in total. The molecule has 0 fully saturated rings. The molecule has 0 saturated heterocycles. The first kappa shape index (κ1) is 17.3. The summed E-state index contributed by atoms with van der Waals surface area (Å²) in [5.41, 5.74) is 3.50. The molecule has 25 heavy (non-hydrogen) atoms. The van der Waals surface area contributed by atoms with Crippen LogP contribution in [0.5, 0.6) is 11.5 Å². The number of pyridine rings is 1. The Morgan fingerprint density at radius 3 is 2.56 bits per heavy atom. The minimum absolute atomic E-state index is 0.241. The number of nitrogens with one attached hydrogen (secondary N) is 1. The second kappa shape index (κ2) is 6.76. The lowest BCUT2D eigenvalue weighted by Gasteiger charge is -2.11. The number of imidazole rings is 1. The minimum atomic E-state index is -0.241. The summed E-state index contributed by atoms with van der Waals surface area (Å²) in [6.45, 7) is 3.79. The first-order valence-corrected chi connectivity index (χ1v) is 8.42. The quantitative estimate of drug-likeness (QED) is 0.715. The Morgan fingerprint density at radius 2 is 1.88 bits per heavy atom. The van der Waals surface area contributed by atoms with E-state index in [1.807, 2.05) is 26.1 Å². The van der Waals surface area contributed by atoms with E-state index in [1.54, 1.807) is 36.8 Å². The fourth-order valence-electron chi connectivity index (χ4n) is 2.72. The third-order valence-electron chi connectivity index (χ3n) is 3.84. The molecule has 7 heteroatoms. The molecule has 0 spiro atoms. The second-order valence-corrected chi connectivity index (χ2v) is 6.48. The van der Waals surface area contributed by atoms with Crippen LogP contribution in [0, 0.1) is 13.8 Å². The maximum atomic E-state index is 12.8. The Balaban J connectivity index is 1.99. The molecule has 130 valence electrons. The molecule has 2 heterocycles. The van der Waals surface area contributed by atoms with Gasteiger partial charge in [-0.15, -0.1) is 0 Å². The fourth-order valence-corrected chi connectivity index (χ4v) is 3.36. The van der Waals surface area contributed by atoms with Crippen LogP contribution in [0.2, 0.25) is 0 Å². The molecule has 2 aromatic heterocycles. The highest BCUT2D eigenvalue weighted by Gasteiger charge is 2.19. The summed E-state index contributed by atoms with van der Waals surface area (Å²) < 4.78 is 13.1. The number of hydrogen-bond donors (Lipinski definition) is 1. The highest BCUT2D eigenvalue weighted by Crippen LogP contribution is 2.30. The van der Waals surface area contributed by atoms with Crippen LogP contribution >= 0.6 is 15.9 Å². The van der Waals surface area contributed by atoms with E-state index >= 15 is 0 Å². The maximum absolute atomic E-state index is 12.8. The van der Waals surface area contributed by atoms with Crippen molar-refractivity contribution in [3.63, 3.8) is 0 Å². The molecule has 0 bridgehead atoms. The first-order valence-electron chi connectivity index (χ1n) is 7.62. The number of aromatic nitrogens is 2. The first-order chi connectivity index (χ1) is 11.9. The van der Waals surface area contributed by atoms with Crippen molar-refractivity contribution in [2.75, 3.05) is 19.5 Å². The zero-order valence-electron chi connectivity index (χ0n) is 14.4. The summed E-state index contributed by atoms with van der Waals surface area (Å²) in [5.74, 6) is 0.912. The predicted molar refractivity (Wildman–Crippen MR) is 99.9 cm³/mol. The van der Waals surface area contributed by atoms with Crippen molar-refractivity contribution in [2.24, 2.45) is 0 Å². The van der Waals surface area contributed by atoms with Crippen LogP contribution in [0.15, 0.2) is 34.9 Å². The van der Waals surface area contributed by atoms with Crippen molar-refractivity contribution in [3.8, 4) is 11.5 Å². The van der Waals surface area contributed by atoms with Gasteiger partial charge in [-0.2, -0.15) is 0 Å². The topological polar surface area (TPSA) is 64.9 Å². The Kier molecular flexibility index (Phi) is 4.67. The number of benzene rings is 1. The van der Waals surface area contributed by atoms with Gasteiger partial charge in [-0.1, -0.05) is 0 Å². The van der Waals surface area contributed by atoms with Crippen LogP contribution in [0.3, 0.4) is 0 Å². The normalized spacial score (nSPS) is 10.8. The average molecular weight is 404 g/mol. The van der Waals surface area contributed by atoms with Gasteiger partial charge in [0.15, 0.2) is 17.1 Å². The monoisotopic (exact) mass is 403 g/mol. The van der Waals surface area contributed by atoms with Crippen molar-refractivity contribution in [1.82, 2.24) is 9.38 Å². The number of ether oxygens (including phenoxy) is 2. The predicted octanol–water partition coefficient (Wildman–Crippen LogP) is 3.98. The summed E-state index contributed by atoms with van der Waals surface area (Å²) in [7, 11) is 3.12. The summed E-state index contributed by atoms with van der Waals surface area (Å²) in [6, 6.07) is 7.20. The maximum Gasteiger partial charge on any atom is 0.274 e. The lowest BCUT2D eigenvalue weighted by atomic mass is 10.2. The lowest BCUT2D eigenvalue weighted by molar-refractivity contribution is 0.102. The molecule has 0 atom stereocenters. The van der Waals surface area contributed by atoms with Gasteiger partial charge < -0.3 is 14.8 Å². The highest BCUT2D eigenvalue weighted by molar-refractivity contribution is 9.10. The van der Waals surface area contributed by atoms with E-state index in [2.05, 4.69) is 26.2 Å². The van der Waals surface area contributed by atoms with Gasteiger partial charge in [-0.05, 0) is 53.5 Å². The summed E-state index contributed by atoms with van der Waals surface area (Å²) in [5, 5.41) is 2.89. The van der Waals surface area contributed by atoms with Gasteiger partial charge in [0.1, 0.15) is 5.69 Å². The van der Waals surface area contributed by atoms with Gasteiger partial charge in [-0.25, -0.2) is 4.98 Å². The third kappa shape index (κ3) is 3.19. The van der Waals surface area contributed by atoms with Crippen molar-refractivity contribution >= 4 is 33.2 Å². The van der Waals surface area contributed by atoms with E-state index in [4.69, 9.17) is 9.47 Å². The van der Waals surface area contributed by atoms with Gasteiger partial charge in [0.25, 0.3) is 5.91 Å². The number of carbonyl (C=O) groups excluding carboxylic acids is 1. The van der Waals surface area contributed by atoms with Crippen molar-refractivity contribution in [1.29, 1.82) is 0 Å². The van der Waals surface area contributed by atoms with Gasteiger partial charge in [0.2, 0.25) is 0 Å². The zero-order chi connectivity index (χ0) is 18.1. The Labute approximate surface area is 153 Å². The average Bonchev–Trinajstić information content (AvgIpc) is 2.91. The SMILES string of the molecule is COc1ccc(NC(=O)c2c(C)nc3c(Br)cc(C)cn23)cc1OC. The zero-order valence-corrected chi connectivity index (χ0v) is 16.0. The number of nitrogens with zero attached hydrogens (tertiary/aromatic N) is 2. The molecule has 0 aliphatic carbocycles. The van der Waals surface area contributed by atoms with E-state index in [9.17, 15) is 4.79 Å². The number of halogens is 1. The Hall–Kier alpha value is -2.54. The molecular weight excluding hydrogens is 386 g/mol. The minimum Gasteiger partial charge on any atom is -0.493 e. The van der Waals surface area contributed by atoms with Crippen LogP contribution in [0.25, 0.3) is 5.65 Å². The number of rotatable bonds is 4. The smallest absolute Gasteiger partial charge is 0.274 e. The summed E-state index contributed by atoms with van der Waals surface area (Å²) in [4.78, 5) is 17.3. The molecule has 0 radical (unpaired) electrons. The molecule has 3 rings (SSSR count). The molecule has 1 amide bonds. The van der Waals surface area contributed by atoms with Crippen LogP contribution in [0.4, 0.5) is 5.69 Å². The van der Waals surface area contributed by atoms with E-state index in [0.717, 1.165) is 10.0 Å². The number of carbonyl (C=O) groups is 1. The molecule has 0 unspecified atom stereocenters. The van der Waals surface area contributed by atoms with Gasteiger partial charge in [0, 0.05) is 18.0 Å². The summed E-state index contributed by atoms with van der Waals surface area (Å²) in [6.07, 6.45) is 1.89. The number of methoxy groups -OCH3 is 2. The fraction of sp³-hybridized carbons (Fsp3) is 0.222. The number of aryl methyl sites for hydroxylation is 2. The number of amides is 1. The molecule has 0 aliphatic rings. The third-order valence-corrected chi connectivity index (χ3v) is 4.43. The number of hydrogen-bond acceptors (Lipinski definition) is 4. The Morgan fingerprint density at radius 1 is 1.16 bits per heavy atom. The molecule has 0 aliphatic heterocycles. The molecule has 1 aromatic carbocycles. The van der Waals surface area contributed by atoms with E-state index in [1.165, 1.54) is 0 Å². The van der Waals surface area contributed by atoms with Crippen molar-refractivity contribution < 1.29 is 14.3 Å². The largest absolute Gasteiger partial charge is 0.493 e. The van der Waals surface area contributed by atoms with Crippen molar-refractivity contribution in [2.45, 2.75) is 13.8 Å². The second-order valence-electron chi connectivity index (χ2n) is 5.63. The molecule has 1 N–H and O–H groups in total. The van der Waals surface area contributed by atoms with Crippen LogP contribution in [-0.4, -0.2) is 29.5 Å². The number of fused-ring (bicyclic) bond motifs is 1. The van der Waals surface area contributed by atoms with Crippen LogP contribution < -0.4 is 14.8 Å².